The highest BCUT2D eigenvalue weighted by molar-refractivity contribution is 6.06. The molecule has 1 heterocycles. The smallest absolute Gasteiger partial charge is 0.270 e. The van der Waals surface area contributed by atoms with Crippen molar-refractivity contribution < 1.29 is 9.72 Å². The minimum Gasteiger partial charge on any atom is -0.370 e. The van der Waals surface area contributed by atoms with Gasteiger partial charge in [0.25, 0.3) is 11.6 Å². The van der Waals surface area contributed by atoms with Crippen molar-refractivity contribution in [2.24, 2.45) is 5.92 Å². The van der Waals surface area contributed by atoms with Gasteiger partial charge in [0.1, 0.15) is 0 Å². The Balaban J connectivity index is 1.80. The van der Waals surface area contributed by atoms with Crippen molar-refractivity contribution in [3.8, 4) is 0 Å². The molecule has 0 bridgehead atoms. The van der Waals surface area contributed by atoms with E-state index in [9.17, 15) is 14.9 Å². The third kappa shape index (κ3) is 3.96. The molecule has 1 amide bonds. The van der Waals surface area contributed by atoms with Crippen molar-refractivity contribution >= 4 is 23.0 Å². The highest BCUT2D eigenvalue weighted by Gasteiger charge is 2.19. The number of nitro benzene ring substituents is 1. The number of anilines is 2. The van der Waals surface area contributed by atoms with Gasteiger partial charge in [-0.15, -0.1) is 0 Å². The van der Waals surface area contributed by atoms with Crippen molar-refractivity contribution in [3.05, 3.63) is 64.2 Å². The third-order valence-corrected chi connectivity index (χ3v) is 4.60. The summed E-state index contributed by atoms with van der Waals surface area (Å²) in [5, 5.41) is 13.8. The van der Waals surface area contributed by atoms with Crippen LogP contribution in [0.1, 0.15) is 30.1 Å². The Morgan fingerprint density at radius 3 is 2.60 bits per heavy atom. The average molecular weight is 339 g/mol. The van der Waals surface area contributed by atoms with E-state index in [1.54, 1.807) is 6.07 Å². The van der Waals surface area contributed by atoms with Crippen molar-refractivity contribution in [2.45, 2.75) is 19.8 Å². The van der Waals surface area contributed by atoms with Crippen LogP contribution in [0.15, 0.2) is 48.5 Å². The van der Waals surface area contributed by atoms with Crippen LogP contribution in [0.2, 0.25) is 0 Å². The summed E-state index contributed by atoms with van der Waals surface area (Å²) in [7, 11) is 0. The summed E-state index contributed by atoms with van der Waals surface area (Å²) in [5.41, 5.74) is 1.91. The Hall–Kier alpha value is -2.89. The van der Waals surface area contributed by atoms with Crippen molar-refractivity contribution in [1.82, 2.24) is 0 Å². The summed E-state index contributed by atoms with van der Waals surface area (Å²) in [4.78, 5) is 25.2. The molecule has 1 N–H and O–H groups in total. The van der Waals surface area contributed by atoms with Crippen LogP contribution in [0.4, 0.5) is 17.1 Å². The highest BCUT2D eigenvalue weighted by atomic mass is 16.6. The van der Waals surface area contributed by atoms with Gasteiger partial charge in [0, 0.05) is 30.8 Å². The van der Waals surface area contributed by atoms with E-state index in [1.807, 2.05) is 24.3 Å². The van der Waals surface area contributed by atoms with Gasteiger partial charge in [-0.2, -0.15) is 0 Å². The molecule has 2 aromatic rings. The number of nitrogens with zero attached hydrogens (tertiary/aromatic N) is 2. The van der Waals surface area contributed by atoms with Gasteiger partial charge in [-0.25, -0.2) is 0 Å². The largest absolute Gasteiger partial charge is 0.370 e. The van der Waals surface area contributed by atoms with Crippen molar-refractivity contribution in [1.29, 1.82) is 0 Å². The topological polar surface area (TPSA) is 75.5 Å². The van der Waals surface area contributed by atoms with Crippen LogP contribution < -0.4 is 10.2 Å². The van der Waals surface area contributed by atoms with E-state index in [-0.39, 0.29) is 17.2 Å². The second kappa shape index (κ2) is 7.34. The molecule has 1 aliphatic rings. The number of nitro groups is 1. The number of para-hydroxylation sites is 2. The SMILES string of the molecule is CC1CCN(c2ccccc2NC(=O)c2cccc([N+](=O)[O-])c2)CC1. The molecule has 0 spiro atoms. The van der Waals surface area contributed by atoms with Gasteiger partial charge >= 0.3 is 0 Å². The Morgan fingerprint density at radius 2 is 1.88 bits per heavy atom. The molecule has 0 radical (unpaired) electrons. The van der Waals surface area contributed by atoms with Gasteiger partial charge in [-0.05, 0) is 37.0 Å². The quantitative estimate of drug-likeness (QED) is 0.672. The molecule has 3 rings (SSSR count). The highest BCUT2D eigenvalue weighted by Crippen LogP contribution is 2.30. The fraction of sp³-hybridized carbons (Fsp3) is 0.316. The van der Waals surface area contributed by atoms with Crippen LogP contribution >= 0.6 is 0 Å². The van der Waals surface area contributed by atoms with Gasteiger partial charge in [-0.3, -0.25) is 14.9 Å². The Labute approximate surface area is 146 Å². The lowest BCUT2D eigenvalue weighted by molar-refractivity contribution is -0.384. The molecular weight excluding hydrogens is 318 g/mol. The number of benzene rings is 2. The number of non-ortho nitro benzene ring substituents is 1. The number of piperidine rings is 1. The van der Waals surface area contributed by atoms with Crippen LogP contribution in [0.25, 0.3) is 0 Å². The number of rotatable bonds is 4. The Morgan fingerprint density at radius 1 is 1.16 bits per heavy atom. The van der Waals surface area contributed by atoms with Gasteiger partial charge < -0.3 is 10.2 Å². The van der Waals surface area contributed by atoms with Crippen molar-refractivity contribution in [3.63, 3.8) is 0 Å². The van der Waals surface area contributed by atoms with E-state index in [0.29, 0.717) is 0 Å². The summed E-state index contributed by atoms with van der Waals surface area (Å²) < 4.78 is 0. The molecule has 0 unspecified atom stereocenters. The predicted molar refractivity (Wildman–Crippen MR) is 98.1 cm³/mol. The maximum atomic E-state index is 12.5. The molecule has 6 heteroatoms. The van der Waals surface area contributed by atoms with Gasteiger partial charge in [0.15, 0.2) is 0 Å². The van der Waals surface area contributed by atoms with E-state index in [1.165, 1.54) is 18.2 Å². The fourth-order valence-corrected chi connectivity index (χ4v) is 3.06. The molecule has 1 saturated heterocycles. The average Bonchev–Trinajstić information content (AvgIpc) is 2.63. The van der Waals surface area contributed by atoms with E-state index < -0.39 is 4.92 Å². The number of nitrogens with one attached hydrogen (secondary N) is 1. The minimum atomic E-state index is -0.500. The zero-order valence-electron chi connectivity index (χ0n) is 14.1. The fourth-order valence-electron chi connectivity index (χ4n) is 3.06. The number of hydrogen-bond donors (Lipinski definition) is 1. The second-order valence-corrected chi connectivity index (χ2v) is 6.45. The van der Waals surface area contributed by atoms with Gasteiger partial charge in [-0.1, -0.05) is 25.1 Å². The lowest BCUT2D eigenvalue weighted by Crippen LogP contribution is -2.33. The summed E-state index contributed by atoms with van der Waals surface area (Å²) in [6.07, 6.45) is 2.26. The molecular formula is C19H21N3O3. The van der Waals surface area contributed by atoms with Crippen LogP contribution in [0.3, 0.4) is 0 Å². The van der Waals surface area contributed by atoms with Crippen LogP contribution in [-0.2, 0) is 0 Å². The Bertz CT molecular complexity index is 783. The second-order valence-electron chi connectivity index (χ2n) is 6.45. The zero-order chi connectivity index (χ0) is 17.8. The molecule has 1 fully saturated rings. The maximum absolute atomic E-state index is 12.5. The molecule has 6 nitrogen and oxygen atoms in total. The van der Waals surface area contributed by atoms with Crippen LogP contribution in [0.5, 0.6) is 0 Å². The molecule has 0 aromatic heterocycles. The lowest BCUT2D eigenvalue weighted by Gasteiger charge is -2.33. The molecule has 2 aromatic carbocycles. The maximum Gasteiger partial charge on any atom is 0.270 e. The van der Waals surface area contributed by atoms with Gasteiger partial charge in [0.2, 0.25) is 0 Å². The first-order chi connectivity index (χ1) is 12.0. The summed E-state index contributed by atoms with van der Waals surface area (Å²) in [5.74, 6) is 0.379. The van der Waals surface area contributed by atoms with E-state index in [0.717, 1.165) is 43.2 Å². The molecule has 130 valence electrons. The van der Waals surface area contributed by atoms with E-state index in [2.05, 4.69) is 17.1 Å². The molecule has 25 heavy (non-hydrogen) atoms. The molecule has 0 atom stereocenters. The van der Waals surface area contributed by atoms with Gasteiger partial charge in [0.05, 0.1) is 16.3 Å². The lowest BCUT2D eigenvalue weighted by atomic mass is 9.98. The molecule has 0 aliphatic carbocycles. The Kier molecular flexibility index (Phi) is 4.97. The monoisotopic (exact) mass is 339 g/mol. The minimum absolute atomic E-state index is 0.0917. The number of amides is 1. The van der Waals surface area contributed by atoms with E-state index >= 15 is 0 Å². The molecule has 1 aliphatic heterocycles. The third-order valence-electron chi connectivity index (χ3n) is 4.60. The van der Waals surface area contributed by atoms with Crippen molar-refractivity contribution in [2.75, 3.05) is 23.3 Å². The first-order valence-corrected chi connectivity index (χ1v) is 8.44. The number of hydrogen-bond acceptors (Lipinski definition) is 4. The molecule has 0 saturated carbocycles. The van der Waals surface area contributed by atoms with Crippen LogP contribution in [-0.4, -0.2) is 23.9 Å². The summed E-state index contributed by atoms with van der Waals surface area (Å²) >= 11 is 0. The first-order valence-electron chi connectivity index (χ1n) is 8.44. The number of carbonyl (C=O) groups is 1. The van der Waals surface area contributed by atoms with E-state index in [4.69, 9.17) is 0 Å². The summed E-state index contributed by atoms with van der Waals surface area (Å²) in [6.45, 7) is 4.18. The summed E-state index contributed by atoms with van der Waals surface area (Å²) in [6, 6.07) is 13.5. The predicted octanol–water partition coefficient (Wildman–Crippen LogP) is 4.08. The standard InChI is InChI=1S/C19H21N3O3/c1-14-9-11-21(12-10-14)18-8-3-2-7-17(18)20-19(23)15-5-4-6-16(13-15)22(24)25/h2-8,13-14H,9-12H2,1H3,(H,20,23). The first kappa shape index (κ1) is 17.0. The number of carbonyl (C=O) groups excluding carboxylic acids is 1. The van der Waals surface area contributed by atoms with Crippen LogP contribution in [0, 0.1) is 16.0 Å². The zero-order valence-corrected chi connectivity index (χ0v) is 14.1. The normalized spacial score (nSPS) is 15.0.